The van der Waals surface area contributed by atoms with E-state index in [4.69, 9.17) is 4.74 Å². The first-order chi connectivity index (χ1) is 15.4. The highest BCUT2D eigenvalue weighted by Crippen LogP contribution is 2.24. The summed E-state index contributed by atoms with van der Waals surface area (Å²) >= 11 is 0. The van der Waals surface area contributed by atoms with Crippen LogP contribution in [0, 0.1) is 5.82 Å². The van der Waals surface area contributed by atoms with Gasteiger partial charge in [-0.15, -0.1) is 0 Å². The number of para-hydroxylation sites is 2. The molecule has 0 bridgehead atoms. The van der Waals surface area contributed by atoms with Crippen LogP contribution in [-0.4, -0.2) is 22.1 Å². The van der Waals surface area contributed by atoms with Gasteiger partial charge >= 0.3 is 6.09 Å². The number of benzene rings is 2. The molecule has 1 aromatic heterocycles. The first kappa shape index (κ1) is 22.7. The number of phenolic OH excluding ortho intramolecular Hbond substituents is 1. The fourth-order valence-corrected chi connectivity index (χ4v) is 3.11. The van der Waals surface area contributed by atoms with Crippen LogP contribution in [0.2, 0.25) is 0 Å². The van der Waals surface area contributed by atoms with Gasteiger partial charge in [-0.1, -0.05) is 31.2 Å². The van der Waals surface area contributed by atoms with E-state index in [2.05, 4.69) is 15.6 Å². The van der Waals surface area contributed by atoms with Gasteiger partial charge in [-0.3, -0.25) is 9.78 Å². The van der Waals surface area contributed by atoms with Crippen molar-refractivity contribution in [1.29, 1.82) is 0 Å². The van der Waals surface area contributed by atoms with E-state index < -0.39 is 18.0 Å². The van der Waals surface area contributed by atoms with Gasteiger partial charge in [-0.2, -0.15) is 0 Å². The molecule has 2 atom stereocenters. The van der Waals surface area contributed by atoms with Crippen molar-refractivity contribution < 1.29 is 23.8 Å². The van der Waals surface area contributed by atoms with Crippen molar-refractivity contribution >= 4 is 17.7 Å². The number of phenols is 1. The summed E-state index contributed by atoms with van der Waals surface area (Å²) in [5, 5.41) is 15.2. The van der Waals surface area contributed by atoms with E-state index in [0.29, 0.717) is 23.2 Å². The van der Waals surface area contributed by atoms with Gasteiger partial charge in [-0.25, -0.2) is 9.18 Å². The lowest BCUT2D eigenvalue weighted by atomic mass is 10.1. The smallest absolute Gasteiger partial charge is 0.408 e. The Balaban J connectivity index is 1.59. The van der Waals surface area contributed by atoms with Crippen LogP contribution in [0.25, 0.3) is 0 Å². The highest BCUT2D eigenvalue weighted by atomic mass is 19.1. The predicted molar refractivity (Wildman–Crippen MR) is 118 cm³/mol. The Morgan fingerprint density at radius 3 is 2.47 bits per heavy atom. The molecule has 166 valence electrons. The summed E-state index contributed by atoms with van der Waals surface area (Å²) in [4.78, 5) is 28.5. The largest absolute Gasteiger partial charge is 0.506 e. The molecule has 2 amide bonds. The normalized spacial score (nSPS) is 12.5. The standard InChI is InChI=1S/C24H24FN3O4/c1-3-22(18-12-19(25)14-26-13-18)32-24(31)27-15(2)16-8-10-17(11-9-16)23(30)28-20-6-4-5-7-21(20)29/h4-15,22,29H,3H2,1-2H3,(H,27,31)(H,28,30)/t15-,22-/m0/s1. The molecule has 8 heteroatoms. The second kappa shape index (κ2) is 10.4. The minimum Gasteiger partial charge on any atom is -0.506 e. The molecular weight excluding hydrogens is 413 g/mol. The first-order valence-corrected chi connectivity index (χ1v) is 10.1. The van der Waals surface area contributed by atoms with Crippen molar-refractivity contribution in [2.24, 2.45) is 0 Å². The lowest BCUT2D eigenvalue weighted by Gasteiger charge is -2.19. The van der Waals surface area contributed by atoms with Crippen molar-refractivity contribution in [2.75, 3.05) is 5.32 Å². The maximum atomic E-state index is 13.4. The maximum Gasteiger partial charge on any atom is 0.408 e. The van der Waals surface area contributed by atoms with Crippen LogP contribution < -0.4 is 10.6 Å². The number of hydrogen-bond acceptors (Lipinski definition) is 5. The van der Waals surface area contributed by atoms with Crippen molar-refractivity contribution in [3.8, 4) is 5.75 Å². The molecule has 0 radical (unpaired) electrons. The van der Waals surface area contributed by atoms with E-state index in [1.807, 2.05) is 6.92 Å². The average Bonchev–Trinajstić information content (AvgIpc) is 2.79. The van der Waals surface area contributed by atoms with Gasteiger partial charge in [-0.05, 0) is 49.2 Å². The third kappa shape index (κ3) is 5.81. The molecule has 1 heterocycles. The molecule has 32 heavy (non-hydrogen) atoms. The molecule has 3 aromatic rings. The number of pyridine rings is 1. The summed E-state index contributed by atoms with van der Waals surface area (Å²) in [7, 11) is 0. The van der Waals surface area contributed by atoms with Crippen LogP contribution in [-0.2, 0) is 4.74 Å². The minimum atomic E-state index is -0.644. The molecule has 0 aliphatic rings. The van der Waals surface area contributed by atoms with E-state index in [-0.39, 0.29) is 17.7 Å². The van der Waals surface area contributed by atoms with Crippen LogP contribution in [0.4, 0.5) is 14.9 Å². The Hall–Kier alpha value is -3.94. The molecule has 0 spiro atoms. The second-order valence-electron chi connectivity index (χ2n) is 7.20. The number of nitrogens with one attached hydrogen (secondary N) is 2. The number of carbonyl (C=O) groups is 2. The van der Waals surface area contributed by atoms with E-state index in [1.54, 1.807) is 49.4 Å². The van der Waals surface area contributed by atoms with Gasteiger partial charge in [0.05, 0.1) is 17.9 Å². The molecule has 7 nitrogen and oxygen atoms in total. The Kier molecular flexibility index (Phi) is 7.38. The van der Waals surface area contributed by atoms with Gasteiger partial charge in [0.25, 0.3) is 5.91 Å². The number of aromatic hydroxyl groups is 1. The molecule has 0 saturated heterocycles. The lowest BCUT2D eigenvalue weighted by molar-refractivity contribution is 0.0922. The predicted octanol–water partition coefficient (Wildman–Crippen LogP) is 5.12. The average molecular weight is 437 g/mol. The summed E-state index contributed by atoms with van der Waals surface area (Å²) < 4.78 is 18.8. The van der Waals surface area contributed by atoms with Crippen LogP contribution >= 0.6 is 0 Å². The number of amides is 2. The highest BCUT2D eigenvalue weighted by Gasteiger charge is 2.18. The zero-order valence-electron chi connectivity index (χ0n) is 17.7. The van der Waals surface area contributed by atoms with Gasteiger partial charge < -0.3 is 20.5 Å². The van der Waals surface area contributed by atoms with Crippen molar-refractivity contribution in [2.45, 2.75) is 32.4 Å². The molecule has 2 aromatic carbocycles. The highest BCUT2D eigenvalue weighted by molar-refractivity contribution is 6.05. The quantitative estimate of drug-likeness (QED) is 0.446. The van der Waals surface area contributed by atoms with Crippen molar-refractivity contribution in [3.63, 3.8) is 0 Å². The number of rotatable bonds is 7. The third-order valence-electron chi connectivity index (χ3n) is 4.88. The van der Waals surface area contributed by atoms with Gasteiger partial charge in [0.1, 0.15) is 17.7 Å². The fraction of sp³-hybridized carbons (Fsp3) is 0.208. The summed E-state index contributed by atoms with van der Waals surface area (Å²) in [6.45, 7) is 3.61. The number of nitrogens with zero attached hydrogens (tertiary/aromatic N) is 1. The van der Waals surface area contributed by atoms with Crippen LogP contribution in [0.15, 0.2) is 67.0 Å². The van der Waals surface area contributed by atoms with Crippen molar-refractivity contribution in [1.82, 2.24) is 10.3 Å². The lowest BCUT2D eigenvalue weighted by Crippen LogP contribution is -2.28. The third-order valence-corrected chi connectivity index (χ3v) is 4.88. The number of alkyl carbamates (subject to hydrolysis) is 1. The van der Waals surface area contributed by atoms with Crippen LogP contribution in [0.3, 0.4) is 0 Å². The Morgan fingerprint density at radius 1 is 1.09 bits per heavy atom. The van der Waals surface area contributed by atoms with E-state index >= 15 is 0 Å². The molecule has 3 rings (SSSR count). The maximum absolute atomic E-state index is 13.4. The number of ether oxygens (including phenoxy) is 1. The Labute approximate surface area is 185 Å². The second-order valence-corrected chi connectivity index (χ2v) is 7.20. The number of halogens is 1. The monoisotopic (exact) mass is 437 g/mol. The van der Waals surface area contributed by atoms with Crippen LogP contribution in [0.5, 0.6) is 5.75 Å². The molecular formula is C24H24FN3O4. The Morgan fingerprint density at radius 2 is 1.81 bits per heavy atom. The summed E-state index contributed by atoms with van der Waals surface area (Å²) in [5.74, 6) is -0.884. The first-order valence-electron chi connectivity index (χ1n) is 10.1. The number of anilines is 1. The zero-order valence-corrected chi connectivity index (χ0v) is 17.7. The number of aromatic nitrogens is 1. The molecule has 0 fully saturated rings. The van der Waals surface area contributed by atoms with Crippen molar-refractivity contribution in [3.05, 3.63) is 89.5 Å². The van der Waals surface area contributed by atoms with E-state index in [1.165, 1.54) is 18.3 Å². The van der Waals surface area contributed by atoms with Gasteiger partial charge in [0.15, 0.2) is 0 Å². The summed E-state index contributed by atoms with van der Waals surface area (Å²) in [6, 6.07) is 14.1. The zero-order chi connectivity index (χ0) is 23.1. The fourth-order valence-electron chi connectivity index (χ4n) is 3.11. The van der Waals surface area contributed by atoms with Gasteiger partial charge in [0.2, 0.25) is 0 Å². The topological polar surface area (TPSA) is 101 Å². The molecule has 3 N–H and O–H groups in total. The molecule has 0 unspecified atom stereocenters. The summed E-state index contributed by atoms with van der Waals surface area (Å²) in [6.07, 6.45) is 1.76. The summed E-state index contributed by atoms with van der Waals surface area (Å²) in [5.41, 5.74) is 1.96. The Bertz CT molecular complexity index is 1090. The van der Waals surface area contributed by atoms with Crippen LogP contribution in [0.1, 0.15) is 53.9 Å². The minimum absolute atomic E-state index is 0.0202. The molecule has 0 aliphatic carbocycles. The SMILES string of the molecule is CC[C@H](OC(=O)N[C@@H](C)c1ccc(C(=O)Nc2ccccc2O)cc1)c1cncc(F)c1. The van der Waals surface area contributed by atoms with E-state index in [0.717, 1.165) is 11.8 Å². The number of hydrogen-bond donors (Lipinski definition) is 3. The van der Waals surface area contributed by atoms with E-state index in [9.17, 15) is 19.1 Å². The molecule has 0 saturated carbocycles. The van der Waals surface area contributed by atoms with Gasteiger partial charge in [0, 0.05) is 17.3 Å². The molecule has 0 aliphatic heterocycles. The number of carbonyl (C=O) groups excluding carboxylic acids is 2.